The van der Waals surface area contributed by atoms with E-state index in [1.807, 2.05) is 136 Å². The van der Waals surface area contributed by atoms with Gasteiger partial charge in [0.25, 0.3) is 0 Å². The molecule has 3 unspecified atom stereocenters. The Morgan fingerprint density at radius 3 is 1.43 bits per heavy atom. The fraction of sp³-hybridized carbons (Fsp3) is 0.233. The van der Waals surface area contributed by atoms with Gasteiger partial charge < -0.3 is 33.4 Å². The molecule has 20 nitrogen and oxygen atoms in total. The van der Waals surface area contributed by atoms with E-state index < -0.39 is 0 Å². The van der Waals surface area contributed by atoms with Gasteiger partial charge in [0.1, 0.15) is 50.3 Å². The van der Waals surface area contributed by atoms with Crippen molar-refractivity contribution in [3.63, 3.8) is 0 Å². The molecule has 113 heavy (non-hydrogen) atoms. The molecule has 5 aromatic carbocycles. The van der Waals surface area contributed by atoms with Crippen molar-refractivity contribution in [3.05, 3.63) is 343 Å². The molecule has 3 atom stereocenters. The summed E-state index contributed by atoms with van der Waals surface area (Å²) in [5.74, 6) is 7.76. The van der Waals surface area contributed by atoms with Gasteiger partial charge in [0.2, 0.25) is 34.7 Å². The molecule has 0 amide bonds. The molecule has 0 bridgehead atoms. The van der Waals surface area contributed by atoms with Crippen LogP contribution < -0.4 is 23.7 Å². The number of aromatic nitrogens is 12. The average molecular weight is 1760 g/mol. The minimum absolute atomic E-state index is 0. The third-order valence-corrected chi connectivity index (χ3v) is 18.3. The van der Waals surface area contributed by atoms with Crippen molar-refractivity contribution in [1.82, 2.24) is 59.8 Å². The third kappa shape index (κ3) is 27.4. The number of alkyl halides is 1. The zero-order valence-corrected chi connectivity index (χ0v) is 70.7. The van der Waals surface area contributed by atoms with Crippen LogP contribution in [0.1, 0.15) is 140 Å². The number of fused-ring (bicyclic) bond motifs is 3. The van der Waals surface area contributed by atoms with Gasteiger partial charge in [-0.3, -0.25) is 0 Å². The second-order valence-corrected chi connectivity index (χ2v) is 26.4. The van der Waals surface area contributed by atoms with Crippen LogP contribution in [-0.4, -0.2) is 113 Å². The second-order valence-electron chi connectivity index (χ2n) is 24.3. The third-order valence-electron chi connectivity index (χ3n) is 16.8. The molecule has 11 aromatic rings. The van der Waals surface area contributed by atoms with Crippen molar-refractivity contribution in [3.8, 4) is 29.4 Å². The molecule has 591 valence electrons. The zero-order valence-electron chi connectivity index (χ0n) is 64.6. The van der Waals surface area contributed by atoms with E-state index in [9.17, 15) is 0 Å². The normalized spacial score (nSPS) is 13.1. The maximum absolute atomic E-state index is 8.29. The van der Waals surface area contributed by atoms with E-state index in [4.69, 9.17) is 78.6 Å². The Morgan fingerprint density at radius 2 is 0.938 bits per heavy atom. The molecule has 3 aliphatic rings. The molecule has 6 aromatic heterocycles. The van der Waals surface area contributed by atoms with E-state index in [0.29, 0.717) is 94.6 Å². The molecular formula is C86H91BBrCl4N12O8Pd. The number of aryl methyl sites for hydroxylation is 5. The molecule has 0 saturated heterocycles. The van der Waals surface area contributed by atoms with E-state index in [1.54, 1.807) is 60.5 Å². The monoisotopic (exact) mass is 1760 g/mol. The SMILES string of the molecule is C=C(O[B]O)c1ccccc1.C=CCBr.C=CCc1c(Cl)nc(C)nc1OC.C=CCc1c(OC)nc(C)nc1C(=C)c1ccccc1.COc1cc(Cl)nc(C)n1.COc1nc(C)nc2c1C=CC2c1ccccc1.COc1nc(C)nc2c1CCC2c1ccccc1.Clc1nc(Cl)c2c(n1)C(c1ccccc1)CC2.[HH].[O]=[Pd]. The summed E-state index contributed by atoms with van der Waals surface area (Å²) in [5, 5.41) is 10.8. The van der Waals surface area contributed by atoms with Crippen molar-refractivity contribution >= 4 is 87.4 Å². The number of rotatable bonds is 18. The number of nitrogens with zero attached hydrogens (tertiary/aromatic N) is 12. The molecule has 27 heteroatoms. The average Bonchev–Trinajstić information content (AvgIpc) is 1.62. The summed E-state index contributed by atoms with van der Waals surface area (Å²) in [6.07, 6.45) is 14.8. The first kappa shape index (κ1) is 91.8. The number of hydrogen-bond acceptors (Lipinski definition) is 20. The number of hydrogen-bond donors (Lipinski definition) is 1. The molecule has 0 saturated carbocycles. The first-order valence-electron chi connectivity index (χ1n) is 35.2. The Hall–Kier alpha value is -10.1. The first-order valence-corrected chi connectivity index (χ1v) is 38.5. The van der Waals surface area contributed by atoms with Crippen molar-refractivity contribution in [1.29, 1.82) is 0 Å². The van der Waals surface area contributed by atoms with Crippen LogP contribution in [0.2, 0.25) is 20.7 Å². The standard InChI is InChI=1S/C17H18N2O.C15H16N2O.C15H14N2O.C13H10Cl2N2.C9H11ClN2O.C8H8BO2.C6H7ClN2O.C3H5Br.O.Pd.H2/c1-5-9-15-16(18-13(3)19-17(15)20-4)12(2)14-10-7-6-8-11-14;2*1-10-16-14-12(11-6-4-3-5-7-11)8-9-13(14)15(17-10)18-2;14-12-10-7-6-9(8-4-2-1-3-5-8)11(10)16-13(15)17-12;1-4-5-7-8(10)11-6(2)12-9(7)13-3;1-7(11-9-10)8-5-3-2-4-6-8;1-4-8-5(7)3-6(9-4)10-2;1-2-3-4;;;/h5-8,10-11H,1-2,9H2,3-4H3;3-7,12H,8-9H2,1-2H3;3-9,12H,1-2H3;1-5,9H,6-7H2;4H,1,5H2,2-3H3;2-6,10H,1H2;3H,1-2H3;2H,1,3H2;;;1H. The summed E-state index contributed by atoms with van der Waals surface area (Å²) in [4.78, 5) is 51.0. The summed E-state index contributed by atoms with van der Waals surface area (Å²) >= 11 is 28.1. The van der Waals surface area contributed by atoms with Gasteiger partial charge in [-0.2, -0.15) is 24.9 Å². The molecule has 14 rings (SSSR count). The molecule has 0 fully saturated rings. The van der Waals surface area contributed by atoms with Crippen LogP contribution in [-0.2, 0) is 53.0 Å². The van der Waals surface area contributed by atoms with Crippen LogP contribution in [0.3, 0.4) is 0 Å². The van der Waals surface area contributed by atoms with Gasteiger partial charge in [-0.05, 0) is 107 Å². The van der Waals surface area contributed by atoms with Crippen LogP contribution in [0.15, 0.2) is 215 Å². The summed E-state index contributed by atoms with van der Waals surface area (Å²) in [6, 6.07) is 52.1. The number of ether oxygens (including phenoxy) is 5. The van der Waals surface area contributed by atoms with Gasteiger partial charge in [0.15, 0.2) is 0 Å². The van der Waals surface area contributed by atoms with Crippen molar-refractivity contribution in [2.45, 2.75) is 90.9 Å². The van der Waals surface area contributed by atoms with E-state index in [0.717, 1.165) is 110 Å². The number of allylic oxidation sites excluding steroid dienone is 4. The Morgan fingerprint density at radius 1 is 0.504 bits per heavy atom. The topological polar surface area (TPSA) is 247 Å². The maximum atomic E-state index is 8.29. The molecule has 0 spiro atoms. The summed E-state index contributed by atoms with van der Waals surface area (Å²) < 4.78 is 38.7. The number of methoxy groups -OCH3 is 5. The fourth-order valence-electron chi connectivity index (χ4n) is 11.9. The van der Waals surface area contributed by atoms with Crippen LogP contribution in [0, 0.1) is 34.6 Å². The van der Waals surface area contributed by atoms with Gasteiger partial charge in [-0.1, -0.05) is 246 Å². The van der Waals surface area contributed by atoms with E-state index in [-0.39, 0.29) is 12.6 Å². The number of halogens is 5. The minimum atomic E-state index is 0. The molecule has 1 N–H and O–H groups in total. The van der Waals surface area contributed by atoms with Gasteiger partial charge in [-0.15, -0.1) is 19.7 Å². The van der Waals surface area contributed by atoms with Gasteiger partial charge in [-0.25, -0.2) is 34.9 Å². The summed E-state index contributed by atoms with van der Waals surface area (Å²) in [7, 11) is 8.66. The van der Waals surface area contributed by atoms with E-state index in [1.165, 1.54) is 48.5 Å². The molecule has 6 heterocycles. The van der Waals surface area contributed by atoms with Crippen molar-refractivity contribution < 1.29 is 57.4 Å². The summed E-state index contributed by atoms with van der Waals surface area (Å²) in [5.41, 5.74) is 15.5. The van der Waals surface area contributed by atoms with Gasteiger partial charge in [0, 0.05) is 58.4 Å². The van der Waals surface area contributed by atoms with Gasteiger partial charge >= 0.3 is 30.3 Å². The zero-order chi connectivity index (χ0) is 82.4. The molecule has 1 radical (unpaired) electrons. The fourth-order valence-corrected chi connectivity index (χ4v) is 12.9. The van der Waals surface area contributed by atoms with E-state index >= 15 is 0 Å². The first-order chi connectivity index (χ1) is 54.7. The van der Waals surface area contributed by atoms with E-state index in [2.05, 4.69) is 168 Å². The van der Waals surface area contributed by atoms with Crippen LogP contribution >= 0.6 is 62.3 Å². The van der Waals surface area contributed by atoms with Crippen LogP contribution in [0.25, 0.3) is 17.4 Å². The quantitative estimate of drug-likeness (QED) is 0.0209. The Kier molecular flexibility index (Phi) is 39.6. The number of benzene rings is 5. The molecule has 0 aliphatic heterocycles. The molecule has 3 aliphatic carbocycles. The van der Waals surface area contributed by atoms with Crippen molar-refractivity contribution in [2.24, 2.45) is 0 Å². The Labute approximate surface area is 703 Å². The summed E-state index contributed by atoms with van der Waals surface area (Å²) in [6.45, 7) is 27.8. The predicted molar refractivity (Wildman–Crippen MR) is 453 cm³/mol. The van der Waals surface area contributed by atoms with Gasteiger partial charge in [0.05, 0.1) is 69.5 Å². The van der Waals surface area contributed by atoms with Crippen LogP contribution in [0.5, 0.6) is 29.4 Å². The van der Waals surface area contributed by atoms with Crippen molar-refractivity contribution in [2.75, 3.05) is 40.9 Å². The predicted octanol–water partition coefficient (Wildman–Crippen LogP) is 19.8. The Balaban J connectivity index is 0.000000237. The molecular weight excluding hydrogens is 1670 g/mol. The Bertz CT molecular complexity index is 4920. The van der Waals surface area contributed by atoms with Crippen LogP contribution in [0.4, 0.5) is 0 Å². The second kappa shape index (κ2) is 48.8.